The minimum Gasteiger partial charge on any atom is -0.478 e. The van der Waals surface area contributed by atoms with Crippen LogP contribution in [0.5, 0.6) is 0 Å². The predicted octanol–water partition coefficient (Wildman–Crippen LogP) is 0.150. The minimum atomic E-state index is -3.55. The summed E-state index contributed by atoms with van der Waals surface area (Å²) in [6.45, 7) is 0.228. The minimum absolute atomic E-state index is 0.114. The fourth-order valence-corrected chi connectivity index (χ4v) is 3.20. The summed E-state index contributed by atoms with van der Waals surface area (Å²) in [7, 11) is -3.55. The van der Waals surface area contributed by atoms with Crippen molar-refractivity contribution in [2.75, 3.05) is 13.1 Å². The number of hydrogen-bond acceptors (Lipinski definition) is 4. The maximum absolute atomic E-state index is 12.0. The number of aliphatic carboxylic acids is 1. The molecule has 0 spiro atoms. The molecule has 0 aliphatic carbocycles. The molecule has 6 nitrogen and oxygen atoms in total. The van der Waals surface area contributed by atoms with Crippen molar-refractivity contribution in [3.63, 3.8) is 0 Å². The van der Waals surface area contributed by atoms with E-state index in [1.54, 1.807) is 0 Å². The summed E-state index contributed by atoms with van der Waals surface area (Å²) in [5, 5.41) is 17.6. The van der Waals surface area contributed by atoms with Gasteiger partial charge in [0.1, 0.15) is 0 Å². The van der Waals surface area contributed by atoms with Crippen LogP contribution in [0.3, 0.4) is 0 Å². The first-order valence-electron chi connectivity index (χ1n) is 5.59. The number of nitrogens with zero attached hydrogens (tertiary/aromatic N) is 1. The quantitative estimate of drug-likeness (QED) is 0.767. The smallest absolute Gasteiger partial charge is 0.328 e. The van der Waals surface area contributed by atoms with Gasteiger partial charge in [0.15, 0.2) is 0 Å². The van der Waals surface area contributed by atoms with Crippen molar-refractivity contribution in [1.29, 1.82) is 0 Å². The molecule has 0 unspecified atom stereocenters. The number of carboxylic acid groups (broad SMARTS) is 1. The first kappa shape index (κ1) is 13.7. The van der Waals surface area contributed by atoms with Gasteiger partial charge >= 0.3 is 5.97 Å². The number of aliphatic hydroxyl groups is 1. The van der Waals surface area contributed by atoms with E-state index in [1.807, 2.05) is 0 Å². The van der Waals surface area contributed by atoms with Gasteiger partial charge in [-0.2, -0.15) is 4.31 Å². The second-order valence-electron chi connectivity index (χ2n) is 4.22. The molecule has 1 heterocycles. The number of aliphatic hydroxyl groups excluding tert-OH is 1. The molecule has 0 radical (unpaired) electrons. The first-order valence-corrected chi connectivity index (χ1v) is 7.03. The largest absolute Gasteiger partial charge is 0.478 e. The van der Waals surface area contributed by atoms with Gasteiger partial charge in [-0.05, 0) is 23.8 Å². The molecular weight excluding hydrogens is 270 g/mol. The number of hydrogen-bond donors (Lipinski definition) is 2. The molecule has 0 amide bonds. The van der Waals surface area contributed by atoms with Crippen LogP contribution in [0.1, 0.15) is 5.56 Å². The lowest BCUT2D eigenvalue weighted by molar-refractivity contribution is -0.131. The lowest BCUT2D eigenvalue weighted by Crippen LogP contribution is -2.53. The Morgan fingerprint density at radius 3 is 2.32 bits per heavy atom. The van der Waals surface area contributed by atoms with Crippen LogP contribution in [0.15, 0.2) is 35.2 Å². The van der Waals surface area contributed by atoms with Gasteiger partial charge in [0.05, 0.1) is 11.0 Å². The summed E-state index contributed by atoms with van der Waals surface area (Å²) < 4.78 is 25.3. The Bertz CT molecular complexity index is 600. The van der Waals surface area contributed by atoms with Gasteiger partial charge in [-0.25, -0.2) is 13.2 Å². The maximum Gasteiger partial charge on any atom is 0.328 e. The van der Waals surface area contributed by atoms with Crippen molar-refractivity contribution < 1.29 is 23.4 Å². The molecule has 1 aromatic carbocycles. The molecule has 7 heteroatoms. The Morgan fingerprint density at radius 1 is 1.26 bits per heavy atom. The third kappa shape index (κ3) is 3.01. The monoisotopic (exact) mass is 283 g/mol. The Hall–Kier alpha value is -1.70. The molecule has 0 bridgehead atoms. The van der Waals surface area contributed by atoms with Crippen LogP contribution in [-0.2, 0) is 14.8 Å². The van der Waals surface area contributed by atoms with Gasteiger partial charge in [0, 0.05) is 19.2 Å². The zero-order valence-corrected chi connectivity index (χ0v) is 10.7. The Labute approximate surface area is 110 Å². The van der Waals surface area contributed by atoms with Gasteiger partial charge in [-0.1, -0.05) is 12.1 Å². The lowest BCUT2D eigenvalue weighted by Gasteiger charge is -2.34. The molecule has 2 rings (SSSR count). The normalized spacial score (nSPS) is 17.5. The van der Waals surface area contributed by atoms with E-state index in [2.05, 4.69) is 0 Å². The van der Waals surface area contributed by atoms with Crippen molar-refractivity contribution in [1.82, 2.24) is 4.31 Å². The second kappa shape index (κ2) is 5.12. The van der Waals surface area contributed by atoms with E-state index in [1.165, 1.54) is 34.6 Å². The highest BCUT2D eigenvalue weighted by Gasteiger charge is 2.35. The summed E-state index contributed by atoms with van der Waals surface area (Å²) >= 11 is 0. The highest BCUT2D eigenvalue weighted by Crippen LogP contribution is 2.21. The highest BCUT2D eigenvalue weighted by atomic mass is 32.2. The fourth-order valence-electron chi connectivity index (χ4n) is 1.68. The molecular formula is C12H13NO5S. The fraction of sp³-hybridized carbons (Fsp3) is 0.250. The molecule has 19 heavy (non-hydrogen) atoms. The molecule has 1 fully saturated rings. The summed E-state index contributed by atoms with van der Waals surface area (Å²) in [5.41, 5.74) is 0.602. The second-order valence-corrected chi connectivity index (χ2v) is 6.15. The van der Waals surface area contributed by atoms with Crippen LogP contribution in [0, 0.1) is 0 Å². The van der Waals surface area contributed by atoms with Crippen LogP contribution in [-0.4, -0.2) is 48.1 Å². The molecule has 0 aromatic heterocycles. The van der Waals surface area contributed by atoms with Crippen LogP contribution in [0.2, 0.25) is 0 Å². The van der Waals surface area contributed by atoms with Crippen molar-refractivity contribution in [3.05, 3.63) is 35.9 Å². The summed E-state index contributed by atoms with van der Waals surface area (Å²) in [6.07, 6.45) is 1.77. The number of β-amino-alcohol motifs (C(OH)–C–C–N with tert-alkyl or cyclic N) is 1. The van der Waals surface area contributed by atoms with Crippen LogP contribution >= 0.6 is 0 Å². The molecule has 0 saturated carbocycles. The summed E-state index contributed by atoms with van der Waals surface area (Å²) in [5.74, 6) is -1.06. The lowest BCUT2D eigenvalue weighted by atomic mass is 10.2. The molecule has 1 aliphatic rings. The van der Waals surface area contributed by atoms with E-state index in [-0.39, 0.29) is 18.0 Å². The summed E-state index contributed by atoms with van der Waals surface area (Å²) in [6, 6.07) is 5.90. The van der Waals surface area contributed by atoms with E-state index < -0.39 is 22.1 Å². The maximum atomic E-state index is 12.0. The molecule has 102 valence electrons. The molecule has 1 aromatic rings. The van der Waals surface area contributed by atoms with Crippen molar-refractivity contribution in [3.8, 4) is 0 Å². The number of sulfonamides is 1. The average Bonchev–Trinajstić information content (AvgIpc) is 2.33. The van der Waals surface area contributed by atoms with Crippen molar-refractivity contribution >= 4 is 22.1 Å². The third-order valence-electron chi connectivity index (χ3n) is 2.77. The average molecular weight is 283 g/mol. The summed E-state index contributed by atoms with van der Waals surface area (Å²) in [4.78, 5) is 10.5. The van der Waals surface area contributed by atoms with E-state index in [0.29, 0.717) is 5.56 Å². The van der Waals surface area contributed by atoms with Gasteiger partial charge in [0.25, 0.3) is 0 Å². The number of benzene rings is 1. The molecule has 0 atom stereocenters. The predicted molar refractivity (Wildman–Crippen MR) is 67.9 cm³/mol. The van der Waals surface area contributed by atoms with Crippen LogP contribution in [0.4, 0.5) is 0 Å². The molecule has 1 saturated heterocycles. The van der Waals surface area contributed by atoms with Crippen LogP contribution in [0.25, 0.3) is 6.08 Å². The number of carbonyl (C=O) groups is 1. The number of carboxylic acids is 1. The van der Waals surface area contributed by atoms with E-state index in [4.69, 9.17) is 10.2 Å². The van der Waals surface area contributed by atoms with Gasteiger partial charge in [0.2, 0.25) is 10.0 Å². The van der Waals surface area contributed by atoms with Gasteiger partial charge in [-0.3, -0.25) is 0 Å². The Kier molecular flexibility index (Phi) is 3.70. The van der Waals surface area contributed by atoms with E-state index in [0.717, 1.165) is 6.08 Å². The van der Waals surface area contributed by atoms with Gasteiger partial charge < -0.3 is 10.2 Å². The van der Waals surface area contributed by atoms with Crippen molar-refractivity contribution in [2.45, 2.75) is 11.0 Å². The van der Waals surface area contributed by atoms with Crippen molar-refractivity contribution in [2.24, 2.45) is 0 Å². The van der Waals surface area contributed by atoms with Crippen LogP contribution < -0.4 is 0 Å². The SMILES string of the molecule is O=C(O)/C=C/c1ccc(S(=O)(=O)N2CC(O)C2)cc1. The Balaban J connectivity index is 2.16. The highest BCUT2D eigenvalue weighted by molar-refractivity contribution is 7.89. The molecule has 1 aliphatic heterocycles. The Morgan fingerprint density at radius 2 is 1.84 bits per heavy atom. The van der Waals surface area contributed by atoms with Gasteiger partial charge in [-0.15, -0.1) is 0 Å². The zero-order chi connectivity index (χ0) is 14.0. The standard InChI is InChI=1S/C12H13NO5S/c14-10-7-13(8-10)19(17,18)11-4-1-9(2-5-11)3-6-12(15)16/h1-6,10,14H,7-8H2,(H,15,16)/b6-3+. The zero-order valence-electron chi connectivity index (χ0n) is 9.93. The number of rotatable bonds is 4. The third-order valence-corrected chi connectivity index (χ3v) is 4.61. The topological polar surface area (TPSA) is 94.9 Å². The van der Waals surface area contributed by atoms with E-state index in [9.17, 15) is 13.2 Å². The van der Waals surface area contributed by atoms with E-state index >= 15 is 0 Å². The first-order chi connectivity index (χ1) is 8.89. The molecule has 2 N–H and O–H groups in total.